The Morgan fingerprint density at radius 3 is 2.29 bits per heavy atom. The van der Waals surface area contributed by atoms with Crippen LogP contribution in [0.25, 0.3) is 0 Å². The molecule has 83 valence electrons. The second kappa shape index (κ2) is 5.01. The predicted molar refractivity (Wildman–Crippen MR) is 45.1 cm³/mol. The summed E-state index contributed by atoms with van der Waals surface area (Å²) in [5.74, 6) is 0. The van der Waals surface area contributed by atoms with Gasteiger partial charge >= 0.3 is 0 Å². The monoisotopic (exact) mass is 207 g/mol. The summed E-state index contributed by atoms with van der Waals surface area (Å²) in [4.78, 5) is 0. The first-order chi connectivity index (χ1) is 6.61. The third kappa shape index (κ3) is 2.22. The van der Waals surface area contributed by atoms with Crippen LogP contribution in [-0.4, -0.2) is 64.3 Å². The van der Waals surface area contributed by atoms with E-state index in [2.05, 4.69) is 6.92 Å². The van der Waals surface area contributed by atoms with Gasteiger partial charge < -0.3 is 29.9 Å². The molecule has 0 unspecified atom stereocenters. The number of hydrogen-bond acceptors (Lipinski definition) is 6. The van der Waals surface area contributed by atoms with Crippen molar-refractivity contribution in [3.63, 3.8) is 0 Å². The highest BCUT2D eigenvalue weighted by molar-refractivity contribution is 4.88. The summed E-state index contributed by atoms with van der Waals surface area (Å²) in [6, 6.07) is 0. The van der Waals surface area contributed by atoms with Gasteiger partial charge in [-0.25, -0.2) is 0 Å². The minimum Gasteiger partial charge on any atom is -0.394 e. The molecule has 5 atom stereocenters. The molecule has 1 fully saturated rings. The van der Waals surface area contributed by atoms with Crippen LogP contribution in [0.15, 0.2) is 0 Å². The zero-order chi connectivity index (χ0) is 10.7. The van der Waals surface area contributed by atoms with E-state index in [-0.39, 0.29) is 6.61 Å². The number of rotatable bonds is 3. The van der Waals surface area contributed by atoms with Crippen molar-refractivity contribution in [2.75, 3.05) is 13.2 Å². The lowest BCUT2D eigenvalue weighted by molar-refractivity contribution is -0.298. The van der Waals surface area contributed by atoms with Crippen LogP contribution in [-0.2, 0) is 9.47 Å². The Labute approximate surface area is 81.7 Å². The summed E-state index contributed by atoms with van der Waals surface area (Å²) < 4.78 is 9.88. The van der Waals surface area contributed by atoms with E-state index in [4.69, 9.17) is 14.6 Å². The fourth-order valence-electron chi connectivity index (χ4n) is 1.32. The van der Waals surface area contributed by atoms with E-state index in [1.165, 1.54) is 0 Å². The number of hydrogen-bond donors (Lipinski definition) is 4. The largest absolute Gasteiger partial charge is 0.394 e. The maximum absolute atomic E-state index is 9.38. The summed E-state index contributed by atoms with van der Waals surface area (Å²) in [5, 5.41) is 36.9. The molecule has 1 rings (SSSR count). The molecule has 0 aliphatic carbocycles. The molecule has 0 amide bonds. The average molecular weight is 207 g/mol. The molecule has 6 nitrogen and oxygen atoms in total. The third-order valence-corrected chi connectivity index (χ3v) is 2.13. The van der Waals surface area contributed by atoms with Crippen molar-refractivity contribution >= 4 is 0 Å². The highest BCUT2D eigenvalue weighted by Gasteiger charge is 2.43. The summed E-state index contributed by atoms with van der Waals surface area (Å²) in [5.41, 5.74) is 0. The number of ether oxygens (including phenoxy) is 2. The molecule has 6 heteroatoms. The van der Waals surface area contributed by atoms with E-state index in [0.717, 1.165) is 0 Å². The molecule has 0 aromatic heterocycles. The van der Waals surface area contributed by atoms with Gasteiger partial charge in [0.15, 0.2) is 6.29 Å². The van der Waals surface area contributed by atoms with Gasteiger partial charge in [-0.2, -0.15) is 0 Å². The molecule has 1 aliphatic heterocycles. The molecule has 4 N–H and O–H groups in total. The Hall–Kier alpha value is -0.240. The summed E-state index contributed by atoms with van der Waals surface area (Å²) >= 11 is 0. The average Bonchev–Trinajstić information content (AvgIpc) is 2.19. The quantitative estimate of drug-likeness (QED) is 0.413. The van der Waals surface area contributed by atoms with Crippen LogP contribution in [0, 0.1) is 6.92 Å². The molecule has 0 bridgehead atoms. The molecule has 14 heavy (non-hydrogen) atoms. The summed E-state index contributed by atoms with van der Waals surface area (Å²) in [6.07, 6.45) is -6.07. The van der Waals surface area contributed by atoms with Crippen molar-refractivity contribution < 1.29 is 29.9 Å². The first-order valence-electron chi connectivity index (χ1n) is 4.33. The smallest absolute Gasteiger partial charge is 0.186 e. The van der Waals surface area contributed by atoms with E-state index in [1.807, 2.05) is 0 Å². The second-order valence-electron chi connectivity index (χ2n) is 3.07. The zero-order valence-corrected chi connectivity index (χ0v) is 7.61. The van der Waals surface area contributed by atoms with E-state index >= 15 is 0 Å². The minimum atomic E-state index is -1.39. The molecule has 0 spiro atoms. The zero-order valence-electron chi connectivity index (χ0n) is 7.61. The van der Waals surface area contributed by atoms with Crippen LogP contribution in [0.1, 0.15) is 0 Å². The second-order valence-corrected chi connectivity index (χ2v) is 3.07. The van der Waals surface area contributed by atoms with E-state index < -0.39 is 37.3 Å². The van der Waals surface area contributed by atoms with E-state index in [9.17, 15) is 15.3 Å². The van der Waals surface area contributed by atoms with Crippen LogP contribution < -0.4 is 0 Å². The van der Waals surface area contributed by atoms with Gasteiger partial charge in [0.2, 0.25) is 0 Å². The van der Waals surface area contributed by atoms with Gasteiger partial charge in [-0.15, -0.1) is 0 Å². The summed E-state index contributed by atoms with van der Waals surface area (Å²) in [6.45, 7) is 2.99. The number of aliphatic hydroxyl groups is 4. The summed E-state index contributed by atoms with van der Waals surface area (Å²) in [7, 11) is 0. The SMILES string of the molecule is [CH2]CO[C@H]1O[C@H](CO)[C@@H](O)[C@H](O)[C@@H]1O. The van der Waals surface area contributed by atoms with Crippen molar-refractivity contribution in [1.82, 2.24) is 0 Å². The lowest BCUT2D eigenvalue weighted by atomic mass is 9.99. The number of aliphatic hydroxyl groups excluding tert-OH is 4. The molecular weight excluding hydrogens is 192 g/mol. The van der Waals surface area contributed by atoms with Gasteiger partial charge in [0.05, 0.1) is 6.61 Å². The molecule has 0 saturated carbocycles. The van der Waals surface area contributed by atoms with Crippen LogP contribution in [0.5, 0.6) is 0 Å². The van der Waals surface area contributed by atoms with Gasteiger partial charge in [-0.3, -0.25) is 0 Å². The Morgan fingerprint density at radius 1 is 1.14 bits per heavy atom. The highest BCUT2D eigenvalue weighted by atomic mass is 16.7. The lowest BCUT2D eigenvalue weighted by Crippen LogP contribution is -2.59. The van der Waals surface area contributed by atoms with Crippen molar-refractivity contribution in [2.24, 2.45) is 0 Å². The van der Waals surface area contributed by atoms with Crippen LogP contribution in [0.2, 0.25) is 0 Å². The van der Waals surface area contributed by atoms with E-state index in [1.54, 1.807) is 0 Å². The molecule has 0 aromatic rings. The maximum atomic E-state index is 9.38. The fraction of sp³-hybridized carbons (Fsp3) is 0.875. The van der Waals surface area contributed by atoms with Crippen molar-refractivity contribution in [1.29, 1.82) is 0 Å². The molecule has 1 radical (unpaired) electrons. The van der Waals surface area contributed by atoms with Gasteiger partial charge in [-0.1, -0.05) is 0 Å². The molecular formula is C8H15O6. The minimum absolute atomic E-state index is 0.0582. The first-order valence-corrected chi connectivity index (χ1v) is 4.33. The van der Waals surface area contributed by atoms with Crippen LogP contribution in [0.4, 0.5) is 0 Å². The lowest BCUT2D eigenvalue weighted by Gasteiger charge is -2.39. The molecule has 1 heterocycles. The molecule has 1 saturated heterocycles. The Kier molecular flexibility index (Phi) is 4.24. The topological polar surface area (TPSA) is 99.4 Å². The van der Waals surface area contributed by atoms with Crippen molar-refractivity contribution in [2.45, 2.75) is 30.7 Å². The first kappa shape index (κ1) is 11.8. The van der Waals surface area contributed by atoms with Gasteiger partial charge in [0.25, 0.3) is 0 Å². The normalized spacial score (nSPS) is 43.9. The van der Waals surface area contributed by atoms with Crippen molar-refractivity contribution in [3.05, 3.63) is 6.92 Å². The standard InChI is InChI=1S/C8H15O6/c1-2-13-8-7(12)6(11)5(10)4(3-9)14-8/h4-12H,1-3H2/t4-,5-,6+,7+,8+/m1/s1. The van der Waals surface area contributed by atoms with Crippen molar-refractivity contribution in [3.8, 4) is 0 Å². The van der Waals surface area contributed by atoms with Gasteiger partial charge in [-0.05, 0) is 6.92 Å². The van der Waals surface area contributed by atoms with Gasteiger partial charge in [0, 0.05) is 6.61 Å². The third-order valence-electron chi connectivity index (χ3n) is 2.13. The van der Waals surface area contributed by atoms with Crippen LogP contribution >= 0.6 is 0 Å². The van der Waals surface area contributed by atoms with Crippen LogP contribution in [0.3, 0.4) is 0 Å². The molecule has 0 aromatic carbocycles. The fourth-order valence-corrected chi connectivity index (χ4v) is 1.32. The Balaban J connectivity index is 2.63. The molecule has 1 aliphatic rings. The maximum Gasteiger partial charge on any atom is 0.186 e. The predicted octanol–water partition coefficient (Wildman–Crippen LogP) is -2.36. The van der Waals surface area contributed by atoms with Gasteiger partial charge in [0.1, 0.15) is 24.4 Å². The Bertz CT molecular complexity index is 171. The Morgan fingerprint density at radius 2 is 1.79 bits per heavy atom. The van der Waals surface area contributed by atoms with E-state index in [0.29, 0.717) is 0 Å². The highest BCUT2D eigenvalue weighted by Crippen LogP contribution is 2.21.